The van der Waals surface area contributed by atoms with Crippen molar-refractivity contribution in [3.8, 4) is 0 Å². The lowest BCUT2D eigenvalue weighted by molar-refractivity contribution is -0.120. The first-order valence-electron chi connectivity index (χ1n) is 10.5. The maximum Gasteiger partial charge on any atom is 0.321 e. The largest absolute Gasteiger partial charge is 0.335 e. The molecule has 0 saturated heterocycles. The highest BCUT2D eigenvalue weighted by Crippen LogP contribution is 2.35. The Balaban J connectivity index is 1.45. The first kappa shape index (κ1) is 20.1. The monoisotopic (exact) mass is 416 g/mol. The van der Waals surface area contributed by atoms with E-state index in [0.29, 0.717) is 17.2 Å². The normalized spacial score (nSPS) is 24.1. The molecule has 0 aliphatic heterocycles. The molecule has 2 aliphatic carbocycles. The molecular weight excluding hydrogens is 388 g/mol. The molecule has 7 nitrogen and oxygen atoms in total. The summed E-state index contributed by atoms with van der Waals surface area (Å²) in [6, 6.07) is -0.394. The molecule has 0 unspecified atom stereocenters. The average Bonchev–Trinajstić information content (AvgIpc) is 3.04. The minimum atomic E-state index is -0.507. The number of rotatable bonds is 3. The van der Waals surface area contributed by atoms with Gasteiger partial charge in [-0.2, -0.15) is 0 Å². The SMILES string of the molecule is C[C@H]1CCc2c(sc3ncn(CC(=O)NC(=O)N[C@@H]4CCCC[C@@H]4C)c(=O)c23)C1. The predicted octanol–water partition coefficient (Wildman–Crippen LogP) is 2.99. The molecule has 1 saturated carbocycles. The van der Waals surface area contributed by atoms with E-state index in [1.807, 2.05) is 0 Å². The van der Waals surface area contributed by atoms with Crippen LogP contribution in [0.25, 0.3) is 10.2 Å². The quantitative estimate of drug-likeness (QED) is 0.804. The van der Waals surface area contributed by atoms with Crippen molar-refractivity contribution in [2.24, 2.45) is 11.8 Å². The van der Waals surface area contributed by atoms with Gasteiger partial charge in [-0.05, 0) is 49.5 Å². The predicted molar refractivity (Wildman–Crippen MR) is 113 cm³/mol. The molecule has 8 heteroatoms. The molecule has 0 radical (unpaired) electrons. The minimum absolute atomic E-state index is 0.0945. The van der Waals surface area contributed by atoms with Crippen LogP contribution in [0.5, 0.6) is 0 Å². The summed E-state index contributed by atoms with van der Waals surface area (Å²) in [6.45, 7) is 4.13. The van der Waals surface area contributed by atoms with Gasteiger partial charge in [0.2, 0.25) is 5.91 Å². The molecule has 0 spiro atoms. The molecule has 2 aromatic heterocycles. The van der Waals surface area contributed by atoms with E-state index in [9.17, 15) is 14.4 Å². The second-order valence-corrected chi connectivity index (χ2v) is 9.68. The Hall–Kier alpha value is -2.22. The van der Waals surface area contributed by atoms with E-state index in [-0.39, 0.29) is 18.1 Å². The van der Waals surface area contributed by atoms with Gasteiger partial charge in [-0.25, -0.2) is 9.78 Å². The molecule has 3 atom stereocenters. The fourth-order valence-electron chi connectivity index (χ4n) is 4.53. The van der Waals surface area contributed by atoms with Crippen LogP contribution in [0.3, 0.4) is 0 Å². The minimum Gasteiger partial charge on any atom is -0.335 e. The molecule has 2 aromatic rings. The highest BCUT2D eigenvalue weighted by molar-refractivity contribution is 7.18. The van der Waals surface area contributed by atoms with Crippen LogP contribution in [-0.4, -0.2) is 27.5 Å². The Labute approximate surface area is 173 Å². The zero-order valence-electron chi connectivity index (χ0n) is 17.0. The summed E-state index contributed by atoms with van der Waals surface area (Å²) in [5.41, 5.74) is 0.901. The molecule has 0 aromatic carbocycles. The van der Waals surface area contributed by atoms with Gasteiger partial charge in [0.15, 0.2) is 0 Å². The number of aromatic nitrogens is 2. The lowest BCUT2D eigenvalue weighted by Gasteiger charge is -2.29. The van der Waals surface area contributed by atoms with Gasteiger partial charge < -0.3 is 5.32 Å². The van der Waals surface area contributed by atoms with Crippen molar-refractivity contribution in [2.45, 2.75) is 71.4 Å². The molecule has 2 N–H and O–H groups in total. The number of aryl methyl sites for hydroxylation is 1. The molecule has 2 heterocycles. The third-order valence-electron chi connectivity index (χ3n) is 6.28. The molecule has 1 fully saturated rings. The molecule has 156 valence electrons. The average molecular weight is 417 g/mol. The number of amides is 3. The zero-order valence-corrected chi connectivity index (χ0v) is 17.8. The van der Waals surface area contributed by atoms with Crippen LogP contribution in [0.15, 0.2) is 11.1 Å². The van der Waals surface area contributed by atoms with E-state index in [1.54, 1.807) is 11.3 Å². The summed E-state index contributed by atoms with van der Waals surface area (Å²) in [6.07, 6.45) is 8.64. The van der Waals surface area contributed by atoms with Crippen molar-refractivity contribution in [1.82, 2.24) is 20.2 Å². The number of nitrogens with zero attached hydrogens (tertiary/aromatic N) is 2. The number of thiophene rings is 1. The number of carbonyl (C=O) groups excluding carboxylic acids is 2. The number of imide groups is 1. The Morgan fingerprint density at radius 1 is 1.24 bits per heavy atom. The van der Waals surface area contributed by atoms with E-state index in [0.717, 1.165) is 48.9 Å². The number of fused-ring (bicyclic) bond motifs is 3. The lowest BCUT2D eigenvalue weighted by Crippen LogP contribution is -2.48. The van der Waals surface area contributed by atoms with Crippen molar-refractivity contribution in [3.05, 3.63) is 27.1 Å². The van der Waals surface area contributed by atoms with E-state index in [4.69, 9.17) is 0 Å². The van der Waals surface area contributed by atoms with Crippen molar-refractivity contribution in [2.75, 3.05) is 0 Å². The van der Waals surface area contributed by atoms with Gasteiger partial charge >= 0.3 is 6.03 Å². The third kappa shape index (κ3) is 4.22. The smallest absolute Gasteiger partial charge is 0.321 e. The van der Waals surface area contributed by atoms with Crippen molar-refractivity contribution >= 4 is 33.5 Å². The van der Waals surface area contributed by atoms with E-state index >= 15 is 0 Å². The van der Waals surface area contributed by atoms with Crippen LogP contribution >= 0.6 is 11.3 Å². The summed E-state index contributed by atoms with van der Waals surface area (Å²) in [5, 5.41) is 5.90. The van der Waals surface area contributed by atoms with Gasteiger partial charge in [0.25, 0.3) is 5.56 Å². The summed E-state index contributed by atoms with van der Waals surface area (Å²) in [7, 11) is 0. The molecular formula is C21H28N4O3S. The molecule has 2 aliphatic rings. The van der Waals surface area contributed by atoms with Crippen LogP contribution < -0.4 is 16.2 Å². The molecule has 29 heavy (non-hydrogen) atoms. The zero-order chi connectivity index (χ0) is 20.5. The van der Waals surface area contributed by atoms with E-state index in [2.05, 4.69) is 29.5 Å². The second-order valence-electron chi connectivity index (χ2n) is 8.60. The Kier molecular flexibility index (Phi) is 5.72. The van der Waals surface area contributed by atoms with E-state index in [1.165, 1.54) is 22.2 Å². The number of carbonyl (C=O) groups is 2. The van der Waals surface area contributed by atoms with Crippen LogP contribution in [0.2, 0.25) is 0 Å². The maximum absolute atomic E-state index is 13.0. The Morgan fingerprint density at radius 2 is 2.03 bits per heavy atom. The van der Waals surface area contributed by atoms with Crippen LogP contribution in [0.1, 0.15) is 56.4 Å². The van der Waals surface area contributed by atoms with Gasteiger partial charge in [0, 0.05) is 10.9 Å². The van der Waals surface area contributed by atoms with Gasteiger partial charge in [-0.1, -0.05) is 26.7 Å². The van der Waals surface area contributed by atoms with Crippen molar-refractivity contribution in [1.29, 1.82) is 0 Å². The van der Waals surface area contributed by atoms with E-state index < -0.39 is 11.9 Å². The fraction of sp³-hybridized carbons (Fsp3) is 0.619. The van der Waals surface area contributed by atoms with Gasteiger partial charge in [-0.3, -0.25) is 19.5 Å². The number of urea groups is 1. The van der Waals surface area contributed by atoms with Gasteiger partial charge in [0.1, 0.15) is 11.4 Å². The summed E-state index contributed by atoms with van der Waals surface area (Å²) in [4.78, 5) is 43.9. The molecule has 0 bridgehead atoms. The number of nitrogens with one attached hydrogen (secondary N) is 2. The number of hydrogen-bond donors (Lipinski definition) is 2. The highest BCUT2D eigenvalue weighted by atomic mass is 32.1. The van der Waals surface area contributed by atoms with Crippen LogP contribution in [0, 0.1) is 11.8 Å². The third-order valence-corrected chi connectivity index (χ3v) is 7.44. The Morgan fingerprint density at radius 3 is 2.83 bits per heavy atom. The standard InChI is InChI=1S/C21H28N4O3S/c1-12-7-8-14-16(9-12)29-19-18(14)20(27)25(11-22-19)10-17(26)24-21(28)23-15-6-4-3-5-13(15)2/h11-13,15H,3-10H2,1-2H3,(H2,23,24,26,28)/t12-,13-,15+/m0/s1. The van der Waals surface area contributed by atoms with Gasteiger partial charge in [0.05, 0.1) is 11.7 Å². The second kappa shape index (κ2) is 8.26. The topological polar surface area (TPSA) is 93.1 Å². The maximum atomic E-state index is 13.0. The van der Waals surface area contributed by atoms with Crippen LogP contribution in [0.4, 0.5) is 4.79 Å². The summed E-state index contributed by atoms with van der Waals surface area (Å²) >= 11 is 1.59. The summed E-state index contributed by atoms with van der Waals surface area (Å²) in [5.74, 6) is 0.521. The molecule has 4 rings (SSSR count). The first-order chi connectivity index (χ1) is 13.9. The number of hydrogen-bond acceptors (Lipinski definition) is 5. The van der Waals surface area contributed by atoms with Crippen molar-refractivity contribution < 1.29 is 9.59 Å². The van der Waals surface area contributed by atoms with Gasteiger partial charge in [-0.15, -0.1) is 11.3 Å². The first-order valence-corrected chi connectivity index (χ1v) is 11.3. The fourth-order valence-corrected chi connectivity index (χ4v) is 5.88. The Bertz CT molecular complexity index is 996. The summed E-state index contributed by atoms with van der Waals surface area (Å²) < 4.78 is 1.30. The lowest BCUT2D eigenvalue weighted by atomic mass is 9.86. The van der Waals surface area contributed by atoms with Crippen molar-refractivity contribution in [3.63, 3.8) is 0 Å². The van der Waals surface area contributed by atoms with Crippen LogP contribution in [-0.2, 0) is 24.2 Å². The highest BCUT2D eigenvalue weighted by Gasteiger charge is 2.25. The molecule has 3 amide bonds.